The summed E-state index contributed by atoms with van der Waals surface area (Å²) in [5.41, 5.74) is 5.46. The Morgan fingerprint density at radius 1 is 1.28 bits per heavy atom. The van der Waals surface area contributed by atoms with E-state index in [-0.39, 0.29) is 16.9 Å². The van der Waals surface area contributed by atoms with Crippen LogP contribution < -0.4 is 5.73 Å². The molecule has 2 aliphatic rings. The Balaban J connectivity index is 2.17. The van der Waals surface area contributed by atoms with Crippen molar-refractivity contribution < 1.29 is 9.53 Å². The van der Waals surface area contributed by atoms with E-state index in [0.29, 0.717) is 26.3 Å². The molecule has 0 unspecified atom stereocenters. The van der Waals surface area contributed by atoms with Gasteiger partial charge in [-0.05, 0) is 26.7 Å². The summed E-state index contributed by atoms with van der Waals surface area (Å²) in [6.07, 6.45) is 5.41. The van der Waals surface area contributed by atoms with Gasteiger partial charge >= 0.3 is 0 Å². The third-order valence-electron chi connectivity index (χ3n) is 4.55. The van der Waals surface area contributed by atoms with E-state index in [1.807, 2.05) is 4.90 Å². The second-order valence-corrected chi connectivity index (χ2v) is 6.37. The molecule has 0 radical (unpaired) electrons. The zero-order chi connectivity index (χ0) is 13.2. The topological polar surface area (TPSA) is 55.6 Å². The maximum absolute atomic E-state index is 12.9. The van der Waals surface area contributed by atoms with E-state index in [0.717, 1.165) is 25.7 Å². The Kier molecular flexibility index (Phi) is 3.97. The van der Waals surface area contributed by atoms with Crippen LogP contribution in [-0.2, 0) is 9.53 Å². The Bertz CT molecular complexity index is 309. The number of amides is 1. The molecule has 0 atom stereocenters. The monoisotopic (exact) mass is 254 g/mol. The molecule has 0 aromatic heterocycles. The predicted octanol–water partition coefficient (Wildman–Crippen LogP) is 1.53. The highest BCUT2D eigenvalue weighted by Crippen LogP contribution is 2.39. The minimum Gasteiger partial charge on any atom is -0.377 e. The first-order valence-electron chi connectivity index (χ1n) is 7.12. The third kappa shape index (κ3) is 2.41. The Morgan fingerprint density at radius 2 is 1.94 bits per heavy atom. The van der Waals surface area contributed by atoms with Gasteiger partial charge in [0.25, 0.3) is 0 Å². The zero-order valence-electron chi connectivity index (χ0n) is 11.7. The van der Waals surface area contributed by atoms with Crippen molar-refractivity contribution >= 4 is 5.91 Å². The van der Waals surface area contributed by atoms with Crippen LogP contribution in [0.15, 0.2) is 0 Å². The maximum atomic E-state index is 12.9. The summed E-state index contributed by atoms with van der Waals surface area (Å²) in [5, 5.41) is 0. The molecule has 1 aliphatic carbocycles. The van der Waals surface area contributed by atoms with Crippen LogP contribution in [0.5, 0.6) is 0 Å². The average Bonchev–Trinajstić information content (AvgIpc) is 2.38. The molecular formula is C14H26N2O2. The molecule has 0 aromatic carbocycles. The van der Waals surface area contributed by atoms with E-state index in [2.05, 4.69) is 13.8 Å². The van der Waals surface area contributed by atoms with Crippen molar-refractivity contribution in [1.82, 2.24) is 4.90 Å². The van der Waals surface area contributed by atoms with Crippen molar-refractivity contribution in [3.63, 3.8) is 0 Å². The lowest BCUT2D eigenvalue weighted by Gasteiger charge is -2.47. The zero-order valence-corrected chi connectivity index (χ0v) is 11.7. The summed E-state index contributed by atoms with van der Waals surface area (Å²) < 4.78 is 5.49. The molecule has 2 rings (SSSR count). The first-order chi connectivity index (χ1) is 8.52. The van der Waals surface area contributed by atoms with Gasteiger partial charge in [-0.3, -0.25) is 4.79 Å². The third-order valence-corrected chi connectivity index (χ3v) is 4.55. The van der Waals surface area contributed by atoms with Crippen molar-refractivity contribution in [3.8, 4) is 0 Å². The summed E-state index contributed by atoms with van der Waals surface area (Å²) in [6, 6.07) is 0. The van der Waals surface area contributed by atoms with E-state index in [1.54, 1.807) is 0 Å². The summed E-state index contributed by atoms with van der Waals surface area (Å²) >= 11 is 0. The molecule has 2 fully saturated rings. The molecular weight excluding hydrogens is 228 g/mol. The number of hydrogen-bond donors (Lipinski definition) is 1. The van der Waals surface area contributed by atoms with Crippen LogP contribution in [0.2, 0.25) is 0 Å². The molecule has 18 heavy (non-hydrogen) atoms. The molecule has 0 spiro atoms. The van der Waals surface area contributed by atoms with Crippen LogP contribution in [0.3, 0.4) is 0 Å². The molecule has 4 nitrogen and oxygen atoms in total. The quantitative estimate of drug-likeness (QED) is 0.813. The number of rotatable bonds is 2. The van der Waals surface area contributed by atoms with E-state index < -0.39 is 0 Å². The van der Waals surface area contributed by atoms with E-state index >= 15 is 0 Å². The van der Waals surface area contributed by atoms with Gasteiger partial charge < -0.3 is 15.4 Å². The molecule has 1 heterocycles. The SMILES string of the molecule is CC1(C)COCCN1C(=O)C1(CN)CCCCC1. The fraction of sp³-hybridized carbons (Fsp3) is 0.929. The normalized spacial score (nSPS) is 26.9. The highest BCUT2D eigenvalue weighted by molar-refractivity contribution is 5.84. The number of nitrogens with two attached hydrogens (primary N) is 1. The van der Waals surface area contributed by atoms with Gasteiger partial charge in [0.15, 0.2) is 0 Å². The fourth-order valence-corrected chi connectivity index (χ4v) is 3.25. The predicted molar refractivity (Wildman–Crippen MR) is 71.2 cm³/mol. The lowest BCUT2D eigenvalue weighted by molar-refractivity contribution is -0.159. The maximum Gasteiger partial charge on any atom is 0.230 e. The van der Waals surface area contributed by atoms with Gasteiger partial charge in [-0.15, -0.1) is 0 Å². The Hall–Kier alpha value is -0.610. The average molecular weight is 254 g/mol. The smallest absolute Gasteiger partial charge is 0.230 e. The molecule has 2 N–H and O–H groups in total. The number of carbonyl (C=O) groups is 1. The summed E-state index contributed by atoms with van der Waals surface area (Å²) in [4.78, 5) is 14.9. The molecule has 0 aromatic rings. The summed E-state index contributed by atoms with van der Waals surface area (Å²) in [6.45, 7) is 6.62. The number of morpholine rings is 1. The van der Waals surface area contributed by atoms with Gasteiger partial charge in [0.1, 0.15) is 0 Å². The molecule has 1 aliphatic heterocycles. The van der Waals surface area contributed by atoms with Gasteiger partial charge in [0.05, 0.1) is 24.2 Å². The number of hydrogen-bond acceptors (Lipinski definition) is 3. The standard InChI is InChI=1S/C14H26N2O2/c1-13(2)11-18-9-8-16(13)12(17)14(10-15)6-4-3-5-7-14/h3-11,15H2,1-2H3. The minimum atomic E-state index is -0.299. The second kappa shape index (κ2) is 5.17. The van der Waals surface area contributed by atoms with Crippen molar-refractivity contribution in [2.75, 3.05) is 26.3 Å². The number of ether oxygens (including phenoxy) is 1. The fourth-order valence-electron chi connectivity index (χ4n) is 3.25. The number of nitrogens with zero attached hydrogens (tertiary/aromatic N) is 1. The van der Waals surface area contributed by atoms with Gasteiger partial charge in [-0.25, -0.2) is 0 Å². The summed E-state index contributed by atoms with van der Waals surface area (Å²) in [7, 11) is 0. The lowest BCUT2D eigenvalue weighted by atomic mass is 9.72. The first-order valence-corrected chi connectivity index (χ1v) is 7.12. The van der Waals surface area contributed by atoms with Gasteiger partial charge in [-0.1, -0.05) is 19.3 Å². The van der Waals surface area contributed by atoms with Gasteiger partial charge in [0.2, 0.25) is 5.91 Å². The molecule has 4 heteroatoms. The van der Waals surface area contributed by atoms with E-state index in [1.165, 1.54) is 6.42 Å². The largest absolute Gasteiger partial charge is 0.377 e. The van der Waals surface area contributed by atoms with Crippen LogP contribution in [0, 0.1) is 5.41 Å². The van der Waals surface area contributed by atoms with Gasteiger partial charge in [0, 0.05) is 13.1 Å². The summed E-state index contributed by atoms with van der Waals surface area (Å²) in [5.74, 6) is 0.262. The second-order valence-electron chi connectivity index (χ2n) is 6.37. The molecule has 104 valence electrons. The Morgan fingerprint density at radius 3 is 2.50 bits per heavy atom. The molecule has 1 saturated carbocycles. The molecule has 0 bridgehead atoms. The molecule has 1 saturated heterocycles. The number of carbonyl (C=O) groups excluding carboxylic acids is 1. The van der Waals surface area contributed by atoms with Crippen molar-refractivity contribution in [1.29, 1.82) is 0 Å². The minimum absolute atomic E-state index is 0.199. The lowest BCUT2D eigenvalue weighted by Crippen LogP contribution is -2.61. The first kappa shape index (κ1) is 13.8. The van der Waals surface area contributed by atoms with E-state index in [9.17, 15) is 4.79 Å². The van der Waals surface area contributed by atoms with Gasteiger partial charge in [-0.2, -0.15) is 0 Å². The van der Waals surface area contributed by atoms with Crippen LogP contribution in [0.1, 0.15) is 46.0 Å². The van der Waals surface area contributed by atoms with Crippen molar-refractivity contribution in [2.24, 2.45) is 11.1 Å². The van der Waals surface area contributed by atoms with Crippen LogP contribution in [0.25, 0.3) is 0 Å². The van der Waals surface area contributed by atoms with Crippen LogP contribution in [-0.4, -0.2) is 42.6 Å². The van der Waals surface area contributed by atoms with Crippen LogP contribution in [0.4, 0.5) is 0 Å². The Labute approximate surface area is 110 Å². The highest BCUT2D eigenvalue weighted by atomic mass is 16.5. The van der Waals surface area contributed by atoms with E-state index in [4.69, 9.17) is 10.5 Å². The molecule has 1 amide bonds. The van der Waals surface area contributed by atoms with Crippen molar-refractivity contribution in [3.05, 3.63) is 0 Å². The van der Waals surface area contributed by atoms with Crippen molar-refractivity contribution in [2.45, 2.75) is 51.5 Å². The van der Waals surface area contributed by atoms with Crippen LogP contribution >= 0.6 is 0 Å². The highest BCUT2D eigenvalue weighted by Gasteiger charge is 2.45.